The minimum absolute atomic E-state index is 0.0702. The first-order chi connectivity index (χ1) is 10.1. The molecule has 4 nitrogen and oxygen atoms in total. The zero-order valence-electron chi connectivity index (χ0n) is 11.9. The molecular weight excluding hydrogens is 284 g/mol. The molecule has 1 aliphatic rings. The summed E-state index contributed by atoms with van der Waals surface area (Å²) in [5.41, 5.74) is 5.55. The lowest BCUT2D eigenvalue weighted by Crippen LogP contribution is -2.24. The number of benzene rings is 2. The van der Waals surface area contributed by atoms with Crippen molar-refractivity contribution < 1.29 is 8.42 Å². The number of hydrogen-bond donors (Lipinski definition) is 2. The maximum Gasteiger partial charge on any atom is 0.233 e. The molecule has 0 saturated carbocycles. The van der Waals surface area contributed by atoms with Gasteiger partial charge >= 0.3 is 0 Å². The summed E-state index contributed by atoms with van der Waals surface area (Å²) in [6.07, 6.45) is 0.859. The largest absolute Gasteiger partial charge is 0.319 e. The summed E-state index contributed by atoms with van der Waals surface area (Å²) < 4.78 is 26.5. The van der Waals surface area contributed by atoms with E-state index >= 15 is 0 Å². The van der Waals surface area contributed by atoms with Gasteiger partial charge in [0, 0.05) is 12.2 Å². The van der Waals surface area contributed by atoms with E-state index in [-0.39, 0.29) is 5.75 Å². The van der Waals surface area contributed by atoms with E-state index in [1.807, 2.05) is 30.3 Å². The fraction of sp³-hybridized carbons (Fsp3) is 0.250. The summed E-state index contributed by atoms with van der Waals surface area (Å²) in [7, 11) is -1.56. The average molecular weight is 302 g/mol. The standard InChI is InChI=1S/C16H18N2O2S/c1-17-8-9-21(19,20)18-14-6-7-16-13(11-14)10-12-4-2-3-5-15(12)16/h2-7,11,17-18H,8-10H2,1H3. The zero-order valence-corrected chi connectivity index (χ0v) is 12.7. The molecule has 0 radical (unpaired) electrons. The van der Waals surface area contributed by atoms with E-state index in [1.165, 1.54) is 22.3 Å². The van der Waals surface area contributed by atoms with E-state index in [4.69, 9.17) is 0 Å². The molecule has 2 aromatic carbocycles. The number of fused-ring (bicyclic) bond motifs is 3. The normalized spacial score (nSPS) is 12.8. The zero-order chi connectivity index (χ0) is 14.9. The average Bonchev–Trinajstić information content (AvgIpc) is 2.82. The van der Waals surface area contributed by atoms with Crippen LogP contribution in [0, 0.1) is 0 Å². The van der Waals surface area contributed by atoms with E-state index in [2.05, 4.69) is 22.2 Å². The summed E-state index contributed by atoms with van der Waals surface area (Å²) in [6, 6.07) is 14.1. The SMILES string of the molecule is CNCCS(=O)(=O)Nc1ccc2c(c1)Cc1ccccc1-2. The Morgan fingerprint density at radius 1 is 1.05 bits per heavy atom. The Bertz CT molecular complexity index is 770. The Hall–Kier alpha value is -1.85. The van der Waals surface area contributed by atoms with Crippen LogP contribution < -0.4 is 10.0 Å². The first kappa shape index (κ1) is 14.1. The van der Waals surface area contributed by atoms with Gasteiger partial charge in [0.25, 0.3) is 0 Å². The van der Waals surface area contributed by atoms with Crippen LogP contribution in [0.15, 0.2) is 42.5 Å². The molecule has 0 atom stereocenters. The summed E-state index contributed by atoms with van der Waals surface area (Å²) in [5, 5.41) is 2.84. The highest BCUT2D eigenvalue weighted by atomic mass is 32.2. The van der Waals surface area contributed by atoms with Gasteiger partial charge in [-0.05, 0) is 47.9 Å². The van der Waals surface area contributed by atoms with Crippen LogP contribution in [-0.2, 0) is 16.4 Å². The van der Waals surface area contributed by atoms with E-state index in [0.717, 1.165) is 6.42 Å². The summed E-state index contributed by atoms with van der Waals surface area (Å²) >= 11 is 0. The minimum atomic E-state index is -3.29. The number of anilines is 1. The first-order valence-corrected chi connectivity index (χ1v) is 8.60. The molecule has 0 heterocycles. The van der Waals surface area contributed by atoms with Crippen molar-refractivity contribution in [2.24, 2.45) is 0 Å². The monoisotopic (exact) mass is 302 g/mol. The Morgan fingerprint density at radius 3 is 2.62 bits per heavy atom. The van der Waals surface area contributed by atoms with Gasteiger partial charge in [-0.3, -0.25) is 4.72 Å². The van der Waals surface area contributed by atoms with Crippen molar-refractivity contribution in [1.29, 1.82) is 0 Å². The molecule has 0 amide bonds. The molecule has 2 aromatic rings. The van der Waals surface area contributed by atoms with Gasteiger partial charge in [0.2, 0.25) is 10.0 Å². The molecule has 21 heavy (non-hydrogen) atoms. The molecule has 0 aromatic heterocycles. The van der Waals surface area contributed by atoms with Crippen LogP contribution >= 0.6 is 0 Å². The lowest BCUT2D eigenvalue weighted by molar-refractivity contribution is 0.599. The van der Waals surface area contributed by atoms with Crippen molar-refractivity contribution in [2.75, 3.05) is 24.1 Å². The van der Waals surface area contributed by atoms with Gasteiger partial charge in [0.05, 0.1) is 5.75 Å². The highest BCUT2D eigenvalue weighted by Crippen LogP contribution is 2.37. The lowest BCUT2D eigenvalue weighted by Gasteiger charge is -2.09. The number of rotatable bonds is 5. The number of sulfonamides is 1. The third kappa shape index (κ3) is 2.94. The highest BCUT2D eigenvalue weighted by molar-refractivity contribution is 7.92. The molecule has 0 unspecified atom stereocenters. The maximum absolute atomic E-state index is 11.9. The van der Waals surface area contributed by atoms with Gasteiger partial charge in [-0.15, -0.1) is 0 Å². The van der Waals surface area contributed by atoms with E-state index in [1.54, 1.807) is 7.05 Å². The molecule has 0 spiro atoms. The fourth-order valence-electron chi connectivity index (χ4n) is 2.68. The van der Waals surface area contributed by atoms with Gasteiger partial charge in [-0.1, -0.05) is 30.3 Å². The van der Waals surface area contributed by atoms with Crippen molar-refractivity contribution in [2.45, 2.75) is 6.42 Å². The van der Waals surface area contributed by atoms with Crippen molar-refractivity contribution in [3.05, 3.63) is 53.6 Å². The van der Waals surface area contributed by atoms with Crippen molar-refractivity contribution in [3.63, 3.8) is 0 Å². The second-order valence-electron chi connectivity index (χ2n) is 5.23. The predicted molar refractivity (Wildman–Crippen MR) is 86.0 cm³/mol. The summed E-state index contributed by atoms with van der Waals surface area (Å²) in [6.45, 7) is 0.436. The highest BCUT2D eigenvalue weighted by Gasteiger charge is 2.18. The molecule has 110 valence electrons. The van der Waals surface area contributed by atoms with Gasteiger partial charge in [-0.25, -0.2) is 8.42 Å². The quantitative estimate of drug-likeness (QED) is 0.760. The van der Waals surface area contributed by atoms with Crippen LogP contribution in [-0.4, -0.2) is 27.8 Å². The summed E-state index contributed by atoms with van der Waals surface area (Å²) in [4.78, 5) is 0. The van der Waals surface area contributed by atoms with E-state index < -0.39 is 10.0 Å². The smallest absolute Gasteiger partial charge is 0.233 e. The summed E-state index contributed by atoms with van der Waals surface area (Å²) in [5.74, 6) is 0.0702. The third-order valence-corrected chi connectivity index (χ3v) is 4.98. The van der Waals surface area contributed by atoms with Crippen molar-refractivity contribution in [3.8, 4) is 11.1 Å². The Labute approximate surface area is 125 Å². The van der Waals surface area contributed by atoms with Crippen LogP contribution in [0.1, 0.15) is 11.1 Å². The van der Waals surface area contributed by atoms with Crippen LogP contribution in [0.4, 0.5) is 5.69 Å². The van der Waals surface area contributed by atoms with Crippen LogP contribution in [0.3, 0.4) is 0 Å². The molecule has 1 aliphatic carbocycles. The predicted octanol–water partition coefficient (Wildman–Crippen LogP) is 2.22. The van der Waals surface area contributed by atoms with Gasteiger partial charge in [0.15, 0.2) is 0 Å². The van der Waals surface area contributed by atoms with Crippen molar-refractivity contribution in [1.82, 2.24) is 5.32 Å². The molecule has 0 saturated heterocycles. The fourth-order valence-corrected chi connectivity index (χ4v) is 3.74. The third-order valence-electron chi connectivity index (χ3n) is 3.69. The molecule has 3 rings (SSSR count). The van der Waals surface area contributed by atoms with E-state index in [9.17, 15) is 8.42 Å². The van der Waals surface area contributed by atoms with Crippen LogP contribution in [0.25, 0.3) is 11.1 Å². The van der Waals surface area contributed by atoms with Gasteiger partial charge in [-0.2, -0.15) is 0 Å². The van der Waals surface area contributed by atoms with Crippen molar-refractivity contribution >= 4 is 15.7 Å². The Kier molecular flexibility index (Phi) is 3.69. The molecule has 0 bridgehead atoms. The van der Waals surface area contributed by atoms with Gasteiger partial charge in [0.1, 0.15) is 0 Å². The second-order valence-corrected chi connectivity index (χ2v) is 7.07. The maximum atomic E-state index is 11.9. The second kappa shape index (κ2) is 5.50. The first-order valence-electron chi connectivity index (χ1n) is 6.95. The Balaban J connectivity index is 1.84. The lowest BCUT2D eigenvalue weighted by atomic mass is 10.1. The molecule has 2 N–H and O–H groups in total. The van der Waals surface area contributed by atoms with E-state index in [0.29, 0.717) is 12.2 Å². The Morgan fingerprint density at radius 2 is 1.81 bits per heavy atom. The number of hydrogen-bond acceptors (Lipinski definition) is 3. The van der Waals surface area contributed by atoms with Crippen LogP contribution in [0.2, 0.25) is 0 Å². The molecular formula is C16H18N2O2S. The molecule has 0 aliphatic heterocycles. The minimum Gasteiger partial charge on any atom is -0.319 e. The molecule has 0 fully saturated rings. The van der Waals surface area contributed by atoms with Gasteiger partial charge < -0.3 is 5.32 Å². The van der Waals surface area contributed by atoms with Crippen LogP contribution in [0.5, 0.6) is 0 Å². The number of nitrogens with one attached hydrogen (secondary N) is 2. The molecule has 5 heteroatoms. The topological polar surface area (TPSA) is 58.2 Å².